The van der Waals surface area contributed by atoms with E-state index in [4.69, 9.17) is 4.74 Å². The van der Waals surface area contributed by atoms with Gasteiger partial charge in [0.25, 0.3) is 0 Å². The number of phenolic OH excluding ortho intramolecular Hbond substituents is 1. The summed E-state index contributed by atoms with van der Waals surface area (Å²) in [4.78, 5) is 2.31. The number of ether oxygens (including phenoxy) is 1. The van der Waals surface area contributed by atoms with Gasteiger partial charge in [-0.3, -0.25) is 0 Å². The Morgan fingerprint density at radius 2 is 1.70 bits per heavy atom. The molecule has 20 heavy (non-hydrogen) atoms. The van der Waals surface area contributed by atoms with Gasteiger partial charge in [0, 0.05) is 12.2 Å². The van der Waals surface area contributed by atoms with Gasteiger partial charge < -0.3 is 14.7 Å². The van der Waals surface area contributed by atoms with Crippen LogP contribution < -0.4 is 9.64 Å². The summed E-state index contributed by atoms with van der Waals surface area (Å²) in [6.07, 6.45) is 0. The number of aromatic hydroxyl groups is 1. The van der Waals surface area contributed by atoms with E-state index in [2.05, 4.69) is 30.9 Å². The first kappa shape index (κ1) is 14.3. The number of likely N-dealkylation sites (N-methyl/N-ethyl adjacent to an activating group) is 1. The Hall–Kier alpha value is -2.16. The van der Waals surface area contributed by atoms with E-state index in [0.717, 1.165) is 12.3 Å². The minimum absolute atomic E-state index is 0.255. The number of nitrogens with zero attached hydrogens (tertiary/aromatic N) is 1. The third-order valence-electron chi connectivity index (χ3n) is 3.29. The molecule has 0 heterocycles. The normalized spacial score (nSPS) is 11.9. The quantitative estimate of drug-likeness (QED) is 0.869. The minimum Gasteiger partial charge on any atom is -0.508 e. The van der Waals surface area contributed by atoms with Crippen LogP contribution in [0.1, 0.15) is 13.8 Å². The molecule has 3 heteroatoms. The first-order chi connectivity index (χ1) is 9.70. The van der Waals surface area contributed by atoms with Gasteiger partial charge in [-0.1, -0.05) is 18.2 Å². The van der Waals surface area contributed by atoms with Gasteiger partial charge in [-0.25, -0.2) is 0 Å². The lowest BCUT2D eigenvalue weighted by molar-refractivity contribution is 0.289. The van der Waals surface area contributed by atoms with Crippen molar-refractivity contribution in [2.75, 3.05) is 18.1 Å². The van der Waals surface area contributed by atoms with Crippen LogP contribution in [0.5, 0.6) is 11.5 Å². The van der Waals surface area contributed by atoms with Crippen molar-refractivity contribution in [3.63, 3.8) is 0 Å². The molecule has 0 aliphatic heterocycles. The summed E-state index contributed by atoms with van der Waals surface area (Å²) in [6, 6.07) is 17.4. The molecule has 0 saturated heterocycles. The molecule has 2 aromatic rings. The molecule has 1 N–H and O–H groups in total. The van der Waals surface area contributed by atoms with Crippen molar-refractivity contribution in [3.8, 4) is 11.5 Å². The third-order valence-corrected chi connectivity index (χ3v) is 3.29. The Labute approximate surface area is 120 Å². The number of rotatable bonds is 6. The molecule has 0 aliphatic carbocycles. The maximum atomic E-state index is 9.25. The van der Waals surface area contributed by atoms with Crippen molar-refractivity contribution in [1.82, 2.24) is 0 Å². The van der Waals surface area contributed by atoms with Crippen LogP contribution >= 0.6 is 0 Å². The van der Waals surface area contributed by atoms with Crippen molar-refractivity contribution >= 4 is 5.69 Å². The Morgan fingerprint density at radius 1 is 1.05 bits per heavy atom. The second kappa shape index (κ2) is 6.85. The van der Waals surface area contributed by atoms with Crippen LogP contribution in [-0.2, 0) is 0 Å². The van der Waals surface area contributed by atoms with Crippen molar-refractivity contribution in [3.05, 3.63) is 54.6 Å². The van der Waals surface area contributed by atoms with E-state index in [9.17, 15) is 5.11 Å². The first-order valence-corrected chi connectivity index (χ1v) is 6.94. The van der Waals surface area contributed by atoms with E-state index in [1.165, 1.54) is 5.69 Å². The Balaban J connectivity index is 1.96. The highest BCUT2D eigenvalue weighted by Gasteiger charge is 2.13. The summed E-state index contributed by atoms with van der Waals surface area (Å²) < 4.78 is 5.77. The molecule has 0 fully saturated rings. The van der Waals surface area contributed by atoms with Gasteiger partial charge in [0.2, 0.25) is 0 Å². The molecular formula is C17H21NO2. The molecule has 0 aliphatic rings. The molecule has 0 radical (unpaired) electrons. The fourth-order valence-electron chi connectivity index (χ4n) is 2.22. The standard InChI is InChI=1S/C17H21NO2/c1-3-18(15-7-5-4-6-8-15)14(2)13-20-17-11-9-16(19)10-12-17/h4-12,14,19H,3,13H2,1-2H3. The van der Waals surface area contributed by atoms with Crippen molar-refractivity contribution in [2.24, 2.45) is 0 Å². The number of hydrogen-bond acceptors (Lipinski definition) is 3. The molecule has 0 amide bonds. The predicted molar refractivity (Wildman–Crippen MR) is 82.5 cm³/mol. The summed E-state index contributed by atoms with van der Waals surface area (Å²) in [7, 11) is 0. The van der Waals surface area contributed by atoms with E-state index in [0.29, 0.717) is 6.61 Å². The van der Waals surface area contributed by atoms with Crippen molar-refractivity contribution < 1.29 is 9.84 Å². The van der Waals surface area contributed by atoms with Gasteiger partial charge in [0.1, 0.15) is 18.1 Å². The van der Waals surface area contributed by atoms with Crippen LogP contribution in [0.15, 0.2) is 54.6 Å². The average Bonchev–Trinajstić information content (AvgIpc) is 2.48. The lowest BCUT2D eigenvalue weighted by Gasteiger charge is -2.30. The van der Waals surface area contributed by atoms with Crippen LogP contribution in [0, 0.1) is 0 Å². The molecular weight excluding hydrogens is 250 g/mol. The summed E-state index contributed by atoms with van der Waals surface area (Å²) in [6.45, 7) is 5.83. The Bertz CT molecular complexity index is 510. The summed E-state index contributed by atoms with van der Waals surface area (Å²) in [5.74, 6) is 1.03. The summed E-state index contributed by atoms with van der Waals surface area (Å²) >= 11 is 0. The molecule has 3 nitrogen and oxygen atoms in total. The highest BCUT2D eigenvalue weighted by molar-refractivity contribution is 5.46. The number of phenols is 1. The smallest absolute Gasteiger partial charge is 0.119 e. The molecule has 2 aromatic carbocycles. The zero-order chi connectivity index (χ0) is 14.4. The highest BCUT2D eigenvalue weighted by Crippen LogP contribution is 2.19. The SMILES string of the molecule is CCN(c1ccccc1)C(C)COc1ccc(O)cc1. The van der Waals surface area contributed by atoms with Gasteiger partial charge in [0.15, 0.2) is 0 Å². The van der Waals surface area contributed by atoms with Crippen LogP contribution in [0.25, 0.3) is 0 Å². The minimum atomic E-state index is 0.255. The zero-order valence-corrected chi connectivity index (χ0v) is 12.0. The maximum absolute atomic E-state index is 9.25. The number of hydrogen-bond donors (Lipinski definition) is 1. The molecule has 0 spiro atoms. The van der Waals surface area contributed by atoms with Crippen LogP contribution in [0.4, 0.5) is 5.69 Å². The largest absolute Gasteiger partial charge is 0.508 e. The topological polar surface area (TPSA) is 32.7 Å². The van der Waals surface area contributed by atoms with Crippen LogP contribution in [-0.4, -0.2) is 24.3 Å². The lowest BCUT2D eigenvalue weighted by Crippen LogP contribution is -2.37. The highest BCUT2D eigenvalue weighted by atomic mass is 16.5. The predicted octanol–water partition coefficient (Wildman–Crippen LogP) is 3.69. The maximum Gasteiger partial charge on any atom is 0.119 e. The third kappa shape index (κ3) is 3.67. The molecule has 0 bridgehead atoms. The molecule has 1 unspecified atom stereocenters. The molecule has 1 atom stereocenters. The van der Waals surface area contributed by atoms with Crippen LogP contribution in [0.2, 0.25) is 0 Å². The first-order valence-electron chi connectivity index (χ1n) is 6.94. The summed E-state index contributed by atoms with van der Waals surface area (Å²) in [5, 5.41) is 9.25. The Kier molecular flexibility index (Phi) is 4.88. The summed E-state index contributed by atoms with van der Waals surface area (Å²) in [5.41, 5.74) is 1.21. The fraction of sp³-hybridized carbons (Fsp3) is 0.294. The number of anilines is 1. The second-order valence-corrected chi connectivity index (χ2v) is 4.78. The zero-order valence-electron chi connectivity index (χ0n) is 12.0. The molecule has 2 rings (SSSR count). The van der Waals surface area contributed by atoms with E-state index in [1.807, 2.05) is 18.2 Å². The van der Waals surface area contributed by atoms with Crippen LogP contribution in [0.3, 0.4) is 0 Å². The van der Waals surface area contributed by atoms with Gasteiger partial charge in [-0.2, -0.15) is 0 Å². The monoisotopic (exact) mass is 271 g/mol. The Morgan fingerprint density at radius 3 is 2.30 bits per heavy atom. The molecule has 0 aromatic heterocycles. The average molecular weight is 271 g/mol. The fourth-order valence-corrected chi connectivity index (χ4v) is 2.22. The molecule has 0 saturated carbocycles. The van der Waals surface area contributed by atoms with Gasteiger partial charge >= 0.3 is 0 Å². The number of benzene rings is 2. The van der Waals surface area contributed by atoms with Crippen molar-refractivity contribution in [1.29, 1.82) is 0 Å². The number of para-hydroxylation sites is 1. The van der Waals surface area contributed by atoms with E-state index >= 15 is 0 Å². The van der Waals surface area contributed by atoms with Gasteiger partial charge in [0.05, 0.1) is 6.04 Å². The van der Waals surface area contributed by atoms with Gasteiger partial charge in [-0.05, 0) is 50.2 Å². The van der Waals surface area contributed by atoms with E-state index < -0.39 is 0 Å². The van der Waals surface area contributed by atoms with Crippen molar-refractivity contribution in [2.45, 2.75) is 19.9 Å². The van der Waals surface area contributed by atoms with Gasteiger partial charge in [-0.15, -0.1) is 0 Å². The van der Waals surface area contributed by atoms with E-state index in [1.54, 1.807) is 24.3 Å². The lowest BCUT2D eigenvalue weighted by atomic mass is 10.2. The second-order valence-electron chi connectivity index (χ2n) is 4.78. The van der Waals surface area contributed by atoms with E-state index in [-0.39, 0.29) is 11.8 Å². The molecule has 106 valence electrons.